The van der Waals surface area contributed by atoms with Crippen LogP contribution in [-0.4, -0.2) is 5.97 Å². The predicted octanol–water partition coefficient (Wildman–Crippen LogP) is 5.17. The van der Waals surface area contributed by atoms with Gasteiger partial charge in [0.1, 0.15) is 5.76 Å². The quantitative estimate of drug-likeness (QED) is 0.624. The van der Waals surface area contributed by atoms with Crippen molar-refractivity contribution in [3.63, 3.8) is 0 Å². The van der Waals surface area contributed by atoms with Crippen molar-refractivity contribution in [2.75, 3.05) is 0 Å². The third kappa shape index (κ3) is 2.25. The van der Waals surface area contributed by atoms with Gasteiger partial charge in [-0.1, -0.05) is 32.4 Å². The van der Waals surface area contributed by atoms with Crippen molar-refractivity contribution in [2.24, 2.45) is 28.6 Å². The smallest absolute Gasteiger partial charge is 0.308 e. The van der Waals surface area contributed by atoms with Gasteiger partial charge in [-0.15, -0.1) is 0 Å². The molecule has 5 atom stereocenters. The average molecular weight is 312 g/mol. The number of ether oxygens (including phenoxy) is 1. The van der Waals surface area contributed by atoms with Gasteiger partial charge in [-0.3, -0.25) is 4.79 Å². The van der Waals surface area contributed by atoms with E-state index >= 15 is 0 Å². The van der Waals surface area contributed by atoms with Gasteiger partial charge in [0.25, 0.3) is 0 Å². The van der Waals surface area contributed by atoms with Gasteiger partial charge in [0.05, 0.1) is 0 Å². The van der Waals surface area contributed by atoms with Crippen molar-refractivity contribution < 1.29 is 9.53 Å². The highest BCUT2D eigenvalue weighted by Crippen LogP contribution is 2.63. The van der Waals surface area contributed by atoms with Crippen LogP contribution in [0.25, 0.3) is 0 Å². The fourth-order valence-corrected chi connectivity index (χ4v) is 6.17. The molecule has 0 aliphatic heterocycles. The Morgan fingerprint density at radius 1 is 1.22 bits per heavy atom. The second kappa shape index (κ2) is 5.09. The SMILES string of the molecule is CC(=O)OC1=CC2=CC[C@H]3[C@@H]4CCC[C@@]4(C)CC[C@@H]3[C@@]2(C)C=C1. The summed E-state index contributed by atoms with van der Waals surface area (Å²) in [4.78, 5) is 11.2. The van der Waals surface area contributed by atoms with Crippen molar-refractivity contribution in [1.82, 2.24) is 0 Å². The molecule has 0 radical (unpaired) electrons. The van der Waals surface area contributed by atoms with Crippen LogP contribution >= 0.6 is 0 Å². The zero-order valence-corrected chi connectivity index (χ0v) is 14.6. The van der Waals surface area contributed by atoms with Gasteiger partial charge >= 0.3 is 5.97 Å². The standard InChI is InChI=1S/C21H28O2/c1-14(22)23-16-8-12-21(3)15(13-16)6-7-17-18-5-4-10-20(18,2)11-9-19(17)21/h6,8,12-13,17-19H,4-5,7,9-11H2,1-3H3/t17-,18-,19-,20-,21-/m0/s1. The lowest BCUT2D eigenvalue weighted by Crippen LogP contribution is -2.47. The normalized spacial score (nSPS) is 44.6. The van der Waals surface area contributed by atoms with Gasteiger partial charge in [0.15, 0.2) is 0 Å². The minimum Gasteiger partial charge on any atom is -0.427 e. The van der Waals surface area contributed by atoms with Crippen LogP contribution in [0.5, 0.6) is 0 Å². The zero-order valence-electron chi connectivity index (χ0n) is 14.6. The molecule has 23 heavy (non-hydrogen) atoms. The van der Waals surface area contributed by atoms with Gasteiger partial charge in [0.2, 0.25) is 0 Å². The first-order valence-corrected chi connectivity index (χ1v) is 9.22. The molecule has 0 aromatic rings. The highest BCUT2D eigenvalue weighted by atomic mass is 16.5. The highest BCUT2D eigenvalue weighted by Gasteiger charge is 2.54. The maximum atomic E-state index is 11.2. The molecule has 0 amide bonds. The van der Waals surface area contributed by atoms with E-state index in [1.54, 1.807) is 0 Å². The molecule has 0 N–H and O–H groups in total. The fourth-order valence-electron chi connectivity index (χ4n) is 6.17. The van der Waals surface area contributed by atoms with Gasteiger partial charge in [-0.05, 0) is 73.0 Å². The van der Waals surface area contributed by atoms with E-state index in [2.05, 4.69) is 32.1 Å². The van der Waals surface area contributed by atoms with E-state index in [0.717, 1.165) is 17.8 Å². The number of hydrogen-bond donors (Lipinski definition) is 0. The molecule has 0 bridgehead atoms. The number of carbonyl (C=O) groups is 1. The van der Waals surface area contributed by atoms with E-state index in [1.807, 2.05) is 6.08 Å². The van der Waals surface area contributed by atoms with Gasteiger partial charge < -0.3 is 4.74 Å². The topological polar surface area (TPSA) is 26.3 Å². The zero-order chi connectivity index (χ0) is 16.2. The summed E-state index contributed by atoms with van der Waals surface area (Å²) in [6, 6.07) is 0. The van der Waals surface area contributed by atoms with Crippen molar-refractivity contribution in [3.8, 4) is 0 Å². The Kier molecular flexibility index (Phi) is 3.37. The lowest BCUT2D eigenvalue weighted by molar-refractivity contribution is -0.136. The summed E-state index contributed by atoms with van der Waals surface area (Å²) in [5, 5.41) is 0. The second-order valence-corrected chi connectivity index (χ2v) is 8.61. The Labute approximate surface area is 139 Å². The molecule has 0 aromatic carbocycles. The van der Waals surface area contributed by atoms with Crippen molar-refractivity contribution in [1.29, 1.82) is 0 Å². The molecular weight excluding hydrogens is 284 g/mol. The summed E-state index contributed by atoms with van der Waals surface area (Å²) < 4.78 is 5.30. The molecule has 2 nitrogen and oxygen atoms in total. The van der Waals surface area contributed by atoms with Crippen molar-refractivity contribution in [3.05, 3.63) is 35.6 Å². The number of carbonyl (C=O) groups excluding carboxylic acids is 1. The van der Waals surface area contributed by atoms with Crippen LogP contribution in [-0.2, 0) is 9.53 Å². The molecule has 4 aliphatic carbocycles. The van der Waals surface area contributed by atoms with E-state index in [4.69, 9.17) is 4.74 Å². The summed E-state index contributed by atoms with van der Waals surface area (Å²) >= 11 is 0. The van der Waals surface area contributed by atoms with Crippen LogP contribution in [0.3, 0.4) is 0 Å². The molecule has 0 unspecified atom stereocenters. The lowest BCUT2D eigenvalue weighted by Gasteiger charge is -2.54. The van der Waals surface area contributed by atoms with E-state index < -0.39 is 0 Å². The minimum atomic E-state index is -0.238. The van der Waals surface area contributed by atoms with Crippen LogP contribution in [0.15, 0.2) is 35.6 Å². The average Bonchev–Trinajstić information content (AvgIpc) is 2.89. The van der Waals surface area contributed by atoms with Gasteiger partial charge in [0, 0.05) is 12.3 Å². The maximum Gasteiger partial charge on any atom is 0.308 e. The Balaban J connectivity index is 1.66. The number of rotatable bonds is 1. The van der Waals surface area contributed by atoms with Gasteiger partial charge in [-0.2, -0.15) is 0 Å². The minimum absolute atomic E-state index is 0.122. The molecule has 0 aromatic heterocycles. The van der Waals surface area contributed by atoms with Crippen LogP contribution in [0.4, 0.5) is 0 Å². The van der Waals surface area contributed by atoms with E-state index in [1.165, 1.54) is 51.0 Å². The second-order valence-electron chi connectivity index (χ2n) is 8.61. The highest BCUT2D eigenvalue weighted by molar-refractivity contribution is 5.68. The molecule has 2 fully saturated rings. The molecule has 124 valence electrons. The summed E-state index contributed by atoms with van der Waals surface area (Å²) in [5.74, 6) is 2.94. The van der Waals surface area contributed by atoms with Gasteiger partial charge in [-0.25, -0.2) is 0 Å². The maximum absolute atomic E-state index is 11.2. The lowest BCUT2D eigenvalue weighted by atomic mass is 9.50. The third-order valence-corrected chi connectivity index (χ3v) is 7.37. The molecule has 2 heteroatoms. The van der Waals surface area contributed by atoms with Crippen LogP contribution in [0, 0.1) is 28.6 Å². The van der Waals surface area contributed by atoms with Crippen molar-refractivity contribution >= 4 is 5.97 Å². The van der Waals surface area contributed by atoms with E-state index in [9.17, 15) is 4.79 Å². The first-order valence-electron chi connectivity index (χ1n) is 9.22. The monoisotopic (exact) mass is 312 g/mol. The molecule has 2 saturated carbocycles. The molecule has 0 saturated heterocycles. The van der Waals surface area contributed by atoms with Crippen LogP contribution in [0.2, 0.25) is 0 Å². The summed E-state index contributed by atoms with van der Waals surface area (Å²) in [6.07, 6.45) is 17.1. The molecule has 0 spiro atoms. The van der Waals surface area contributed by atoms with Crippen LogP contribution in [0.1, 0.15) is 59.3 Å². The number of hydrogen-bond acceptors (Lipinski definition) is 2. The van der Waals surface area contributed by atoms with E-state index in [0.29, 0.717) is 11.2 Å². The first-order chi connectivity index (χ1) is 10.9. The Hall–Kier alpha value is -1.31. The summed E-state index contributed by atoms with van der Waals surface area (Å²) in [7, 11) is 0. The Bertz CT molecular complexity index is 626. The summed E-state index contributed by atoms with van der Waals surface area (Å²) in [5.41, 5.74) is 2.08. The van der Waals surface area contributed by atoms with E-state index in [-0.39, 0.29) is 11.4 Å². The molecule has 0 heterocycles. The molecule has 4 aliphatic rings. The fraction of sp³-hybridized carbons (Fsp3) is 0.667. The number of fused-ring (bicyclic) bond motifs is 5. The first kappa shape index (κ1) is 15.2. The van der Waals surface area contributed by atoms with Crippen LogP contribution < -0.4 is 0 Å². The Morgan fingerprint density at radius 2 is 2.04 bits per heavy atom. The number of esters is 1. The number of allylic oxidation sites excluding steroid dienone is 5. The predicted molar refractivity (Wildman–Crippen MR) is 91.5 cm³/mol. The largest absolute Gasteiger partial charge is 0.427 e. The third-order valence-electron chi connectivity index (χ3n) is 7.37. The molecular formula is C21H28O2. The molecule has 4 rings (SSSR count). The summed E-state index contributed by atoms with van der Waals surface area (Å²) in [6.45, 7) is 6.40. The Morgan fingerprint density at radius 3 is 2.83 bits per heavy atom. The van der Waals surface area contributed by atoms with Crippen molar-refractivity contribution in [2.45, 2.75) is 59.3 Å².